The van der Waals surface area contributed by atoms with Crippen molar-refractivity contribution in [2.75, 3.05) is 56.2 Å². The van der Waals surface area contributed by atoms with Crippen LogP contribution in [0.5, 0.6) is 5.75 Å². The van der Waals surface area contributed by atoms with Gasteiger partial charge in [-0.25, -0.2) is 8.42 Å². The van der Waals surface area contributed by atoms with E-state index in [4.69, 9.17) is 4.74 Å². The molecule has 1 aromatic rings. The summed E-state index contributed by atoms with van der Waals surface area (Å²) >= 11 is 0. The molecule has 1 amide bonds. The normalized spacial score (nSPS) is 23.0. The van der Waals surface area contributed by atoms with Crippen molar-refractivity contribution < 1.29 is 17.9 Å². The van der Waals surface area contributed by atoms with Gasteiger partial charge in [-0.1, -0.05) is 0 Å². The van der Waals surface area contributed by atoms with Crippen molar-refractivity contribution in [2.24, 2.45) is 0 Å². The lowest BCUT2D eigenvalue weighted by molar-refractivity contribution is -0.122. The van der Waals surface area contributed by atoms with Gasteiger partial charge in [-0.2, -0.15) is 0 Å². The minimum atomic E-state index is -2.95. The molecule has 1 atom stereocenters. The highest BCUT2D eigenvalue weighted by Crippen LogP contribution is 2.20. The van der Waals surface area contributed by atoms with E-state index in [0.717, 1.165) is 31.9 Å². The summed E-state index contributed by atoms with van der Waals surface area (Å²) in [5.41, 5.74) is 1.19. The van der Waals surface area contributed by atoms with Gasteiger partial charge in [0.1, 0.15) is 5.75 Å². The van der Waals surface area contributed by atoms with Gasteiger partial charge < -0.3 is 15.0 Å². The smallest absolute Gasteiger partial charge is 0.221 e. The lowest BCUT2D eigenvalue weighted by Gasteiger charge is -2.36. The highest BCUT2D eigenvalue weighted by Gasteiger charge is 2.29. The molecule has 2 fully saturated rings. The molecule has 1 N–H and O–H groups in total. The van der Waals surface area contributed by atoms with Crippen molar-refractivity contribution in [2.45, 2.75) is 18.9 Å². The molecule has 0 aromatic heterocycles. The number of amides is 1. The largest absolute Gasteiger partial charge is 0.497 e. The minimum Gasteiger partial charge on any atom is -0.497 e. The van der Waals surface area contributed by atoms with Crippen LogP contribution in [-0.4, -0.2) is 76.6 Å². The van der Waals surface area contributed by atoms with Crippen molar-refractivity contribution in [3.8, 4) is 5.75 Å². The third-order valence-electron chi connectivity index (χ3n) is 5.06. The molecule has 0 radical (unpaired) electrons. The average molecular weight is 381 g/mol. The quantitative estimate of drug-likeness (QED) is 0.774. The Hall–Kier alpha value is -1.80. The van der Waals surface area contributed by atoms with Gasteiger partial charge in [0.05, 0.1) is 18.6 Å². The van der Waals surface area contributed by atoms with E-state index in [1.807, 2.05) is 12.1 Å². The Bertz CT molecular complexity index is 712. The Morgan fingerprint density at radius 2 is 1.88 bits per heavy atom. The van der Waals surface area contributed by atoms with Gasteiger partial charge >= 0.3 is 0 Å². The summed E-state index contributed by atoms with van der Waals surface area (Å²) in [6.07, 6.45) is 0.952. The summed E-state index contributed by atoms with van der Waals surface area (Å²) in [5.74, 6) is 1.07. The van der Waals surface area contributed by atoms with Crippen LogP contribution in [0, 0.1) is 0 Å². The van der Waals surface area contributed by atoms with E-state index >= 15 is 0 Å². The Balaban J connectivity index is 1.38. The molecule has 0 spiro atoms. The lowest BCUT2D eigenvalue weighted by Crippen LogP contribution is -2.47. The zero-order chi connectivity index (χ0) is 18.6. The molecule has 26 heavy (non-hydrogen) atoms. The van der Waals surface area contributed by atoms with Crippen molar-refractivity contribution in [3.05, 3.63) is 24.3 Å². The maximum absolute atomic E-state index is 12.0. The van der Waals surface area contributed by atoms with Crippen LogP contribution in [0.25, 0.3) is 0 Å². The first-order valence-electron chi connectivity index (χ1n) is 9.06. The maximum Gasteiger partial charge on any atom is 0.221 e. The molecule has 0 bridgehead atoms. The number of carbonyl (C=O) groups excluding carboxylic acids is 1. The number of rotatable bonds is 6. The molecule has 2 heterocycles. The molecule has 1 unspecified atom stereocenters. The monoisotopic (exact) mass is 381 g/mol. The second kappa shape index (κ2) is 8.26. The number of ether oxygens (including phenoxy) is 1. The Morgan fingerprint density at radius 3 is 2.46 bits per heavy atom. The van der Waals surface area contributed by atoms with Crippen LogP contribution < -0.4 is 15.0 Å². The van der Waals surface area contributed by atoms with Crippen molar-refractivity contribution in [1.82, 2.24) is 10.2 Å². The van der Waals surface area contributed by atoms with Crippen LogP contribution in [0.15, 0.2) is 24.3 Å². The molecule has 0 saturated carbocycles. The molecule has 2 aliphatic rings. The number of piperazine rings is 1. The minimum absolute atomic E-state index is 0.0512. The fourth-order valence-electron chi connectivity index (χ4n) is 3.49. The summed E-state index contributed by atoms with van der Waals surface area (Å²) in [6.45, 7) is 4.39. The fraction of sp³-hybridized carbons (Fsp3) is 0.611. The second-order valence-electron chi connectivity index (χ2n) is 6.94. The highest BCUT2D eigenvalue weighted by atomic mass is 32.2. The predicted molar refractivity (Wildman–Crippen MR) is 101 cm³/mol. The van der Waals surface area contributed by atoms with Crippen LogP contribution in [0.3, 0.4) is 0 Å². The van der Waals surface area contributed by atoms with Gasteiger partial charge in [0.25, 0.3) is 0 Å². The number of hydrogen-bond acceptors (Lipinski definition) is 6. The lowest BCUT2D eigenvalue weighted by atomic mass is 10.2. The van der Waals surface area contributed by atoms with E-state index in [1.54, 1.807) is 7.11 Å². The van der Waals surface area contributed by atoms with Crippen molar-refractivity contribution >= 4 is 21.4 Å². The summed E-state index contributed by atoms with van der Waals surface area (Å²) in [6, 6.07) is 7.86. The van der Waals surface area contributed by atoms with E-state index in [-0.39, 0.29) is 23.5 Å². The number of hydrogen-bond donors (Lipinski definition) is 1. The van der Waals surface area contributed by atoms with Crippen LogP contribution in [0.2, 0.25) is 0 Å². The molecular weight excluding hydrogens is 354 g/mol. The van der Waals surface area contributed by atoms with Crippen LogP contribution >= 0.6 is 0 Å². The van der Waals surface area contributed by atoms with Gasteiger partial charge in [-0.3, -0.25) is 9.69 Å². The molecule has 7 nitrogen and oxygen atoms in total. The van der Waals surface area contributed by atoms with Crippen LogP contribution in [0.1, 0.15) is 12.8 Å². The SMILES string of the molecule is COc1ccc(N2CCN(CCC(=O)NC3CCS(=O)(=O)C3)CC2)cc1. The summed E-state index contributed by atoms with van der Waals surface area (Å²) in [5, 5.41) is 2.85. The Kier molecular flexibility index (Phi) is 6.03. The Labute approximate surface area is 155 Å². The van der Waals surface area contributed by atoms with E-state index in [0.29, 0.717) is 19.4 Å². The van der Waals surface area contributed by atoms with Gasteiger partial charge in [-0.05, 0) is 30.7 Å². The molecule has 1 aromatic carbocycles. The topological polar surface area (TPSA) is 79.0 Å². The Morgan fingerprint density at radius 1 is 1.19 bits per heavy atom. The summed E-state index contributed by atoms with van der Waals surface area (Å²) < 4.78 is 28.1. The van der Waals surface area contributed by atoms with E-state index < -0.39 is 9.84 Å². The molecule has 8 heteroatoms. The number of sulfone groups is 1. The molecule has 144 valence electrons. The number of anilines is 1. The van der Waals surface area contributed by atoms with E-state index in [9.17, 15) is 13.2 Å². The van der Waals surface area contributed by atoms with E-state index in [1.165, 1.54) is 5.69 Å². The zero-order valence-corrected chi connectivity index (χ0v) is 16.0. The first-order chi connectivity index (χ1) is 12.4. The number of nitrogens with one attached hydrogen (secondary N) is 1. The zero-order valence-electron chi connectivity index (χ0n) is 15.2. The fourth-order valence-corrected chi connectivity index (χ4v) is 5.16. The first kappa shape index (κ1) is 19.0. The third kappa shape index (κ3) is 5.11. The maximum atomic E-state index is 12.0. The molecule has 2 aliphatic heterocycles. The molecule has 3 rings (SSSR count). The average Bonchev–Trinajstić information content (AvgIpc) is 2.99. The third-order valence-corrected chi connectivity index (χ3v) is 6.83. The second-order valence-corrected chi connectivity index (χ2v) is 9.17. The summed E-state index contributed by atoms with van der Waals surface area (Å²) in [4.78, 5) is 16.7. The number of methoxy groups -OCH3 is 1. The van der Waals surface area contributed by atoms with E-state index in [2.05, 4.69) is 27.2 Å². The number of benzene rings is 1. The van der Waals surface area contributed by atoms with Crippen molar-refractivity contribution in [1.29, 1.82) is 0 Å². The molecule has 0 aliphatic carbocycles. The van der Waals surface area contributed by atoms with Gasteiger partial charge in [0.15, 0.2) is 9.84 Å². The van der Waals surface area contributed by atoms with Crippen molar-refractivity contribution in [3.63, 3.8) is 0 Å². The number of carbonyl (C=O) groups is 1. The van der Waals surface area contributed by atoms with Gasteiger partial charge in [0.2, 0.25) is 5.91 Å². The van der Waals surface area contributed by atoms with Crippen LogP contribution in [-0.2, 0) is 14.6 Å². The molecule has 2 saturated heterocycles. The van der Waals surface area contributed by atoms with Gasteiger partial charge in [0, 0.05) is 50.9 Å². The first-order valence-corrected chi connectivity index (χ1v) is 10.9. The standard InChI is InChI=1S/C18H27N3O4S/c1-25-17-4-2-16(3-5-17)21-11-9-20(10-12-21)8-6-18(22)19-15-7-13-26(23,24)14-15/h2-5,15H,6-14H2,1H3,(H,19,22). The highest BCUT2D eigenvalue weighted by molar-refractivity contribution is 7.91. The summed E-state index contributed by atoms with van der Waals surface area (Å²) in [7, 11) is -1.29. The predicted octanol–water partition coefficient (Wildman–Crippen LogP) is 0.511. The number of nitrogens with zero attached hydrogens (tertiary/aromatic N) is 2. The van der Waals surface area contributed by atoms with Crippen LogP contribution in [0.4, 0.5) is 5.69 Å². The molecular formula is C18H27N3O4S. The van der Waals surface area contributed by atoms with Gasteiger partial charge in [-0.15, -0.1) is 0 Å².